The van der Waals surface area contributed by atoms with Crippen molar-refractivity contribution in [3.8, 4) is 0 Å². The van der Waals surface area contributed by atoms with Crippen LogP contribution in [0.25, 0.3) is 5.65 Å². The molecule has 1 aliphatic rings. The Balaban J connectivity index is 1.70. The van der Waals surface area contributed by atoms with Gasteiger partial charge in [-0.3, -0.25) is 4.40 Å². The Labute approximate surface area is 106 Å². The Morgan fingerprint density at radius 2 is 2.35 bits per heavy atom. The molecule has 4 heteroatoms. The molecule has 1 N–H and O–H groups in total. The number of nitrogens with zero attached hydrogens (tertiary/aromatic N) is 2. The lowest BCUT2D eigenvalue weighted by atomic mass is 10.1. The largest absolute Gasteiger partial charge is 0.371 e. The molecule has 1 aliphatic carbocycles. The SMILES string of the molecule is ClC1CCC(CNc2cccc3nccn23)C1. The van der Waals surface area contributed by atoms with Crippen LogP contribution in [0.2, 0.25) is 0 Å². The molecule has 0 amide bonds. The average Bonchev–Trinajstić information content (AvgIpc) is 2.94. The first-order valence-corrected chi connectivity index (χ1v) is 6.56. The van der Waals surface area contributed by atoms with Crippen LogP contribution in [0.4, 0.5) is 5.82 Å². The smallest absolute Gasteiger partial charge is 0.138 e. The highest BCUT2D eigenvalue weighted by atomic mass is 35.5. The van der Waals surface area contributed by atoms with E-state index in [-0.39, 0.29) is 0 Å². The second-order valence-corrected chi connectivity index (χ2v) is 5.34. The number of halogens is 1. The van der Waals surface area contributed by atoms with Gasteiger partial charge in [-0.2, -0.15) is 0 Å². The summed E-state index contributed by atoms with van der Waals surface area (Å²) in [7, 11) is 0. The van der Waals surface area contributed by atoms with Gasteiger partial charge in [0.05, 0.1) is 0 Å². The number of fused-ring (bicyclic) bond motifs is 1. The topological polar surface area (TPSA) is 29.3 Å². The van der Waals surface area contributed by atoms with E-state index in [9.17, 15) is 0 Å². The second-order valence-electron chi connectivity index (χ2n) is 4.72. The van der Waals surface area contributed by atoms with Crippen molar-refractivity contribution in [2.45, 2.75) is 24.6 Å². The van der Waals surface area contributed by atoms with Gasteiger partial charge >= 0.3 is 0 Å². The summed E-state index contributed by atoms with van der Waals surface area (Å²) in [5.41, 5.74) is 0.983. The Kier molecular flexibility index (Phi) is 2.93. The van der Waals surface area contributed by atoms with Crippen molar-refractivity contribution >= 4 is 23.1 Å². The summed E-state index contributed by atoms with van der Waals surface area (Å²) in [5.74, 6) is 1.81. The summed E-state index contributed by atoms with van der Waals surface area (Å²) in [6.07, 6.45) is 7.33. The van der Waals surface area contributed by atoms with Crippen molar-refractivity contribution in [3.05, 3.63) is 30.6 Å². The zero-order valence-electron chi connectivity index (χ0n) is 9.64. The predicted octanol–water partition coefficient (Wildman–Crippen LogP) is 3.15. The number of hydrogen-bond acceptors (Lipinski definition) is 2. The van der Waals surface area contributed by atoms with Gasteiger partial charge in [-0.15, -0.1) is 11.6 Å². The van der Waals surface area contributed by atoms with Gasteiger partial charge in [0.1, 0.15) is 11.5 Å². The maximum absolute atomic E-state index is 6.12. The average molecular weight is 250 g/mol. The first-order valence-electron chi connectivity index (χ1n) is 6.13. The normalized spacial score (nSPS) is 24.3. The monoisotopic (exact) mass is 249 g/mol. The Morgan fingerprint density at radius 1 is 1.41 bits per heavy atom. The Morgan fingerprint density at radius 3 is 3.18 bits per heavy atom. The molecule has 3 nitrogen and oxygen atoms in total. The Bertz CT molecular complexity index is 508. The van der Waals surface area contributed by atoms with Crippen LogP contribution in [-0.2, 0) is 0 Å². The number of imidazole rings is 1. The van der Waals surface area contributed by atoms with Crippen molar-refractivity contribution in [1.82, 2.24) is 9.38 Å². The summed E-state index contributed by atoms with van der Waals surface area (Å²) in [6.45, 7) is 1.00. The maximum Gasteiger partial charge on any atom is 0.138 e. The maximum atomic E-state index is 6.12. The van der Waals surface area contributed by atoms with E-state index in [4.69, 9.17) is 11.6 Å². The van der Waals surface area contributed by atoms with Crippen molar-refractivity contribution in [2.24, 2.45) is 5.92 Å². The molecule has 0 saturated heterocycles. The molecule has 2 unspecified atom stereocenters. The van der Waals surface area contributed by atoms with E-state index in [0.29, 0.717) is 11.3 Å². The van der Waals surface area contributed by atoms with Crippen molar-refractivity contribution < 1.29 is 0 Å². The lowest BCUT2D eigenvalue weighted by Gasteiger charge is -2.13. The molecule has 0 spiro atoms. The molecular weight excluding hydrogens is 234 g/mol. The Hall–Kier alpha value is -1.22. The zero-order chi connectivity index (χ0) is 11.7. The fourth-order valence-corrected chi connectivity index (χ4v) is 2.92. The van der Waals surface area contributed by atoms with Crippen molar-refractivity contribution in [3.63, 3.8) is 0 Å². The van der Waals surface area contributed by atoms with E-state index in [0.717, 1.165) is 30.9 Å². The highest BCUT2D eigenvalue weighted by molar-refractivity contribution is 6.20. The van der Waals surface area contributed by atoms with Crippen LogP contribution < -0.4 is 5.32 Å². The van der Waals surface area contributed by atoms with Crippen LogP contribution >= 0.6 is 11.6 Å². The van der Waals surface area contributed by atoms with Gasteiger partial charge in [-0.25, -0.2) is 4.98 Å². The molecule has 2 aromatic rings. The second kappa shape index (κ2) is 4.57. The summed E-state index contributed by atoms with van der Waals surface area (Å²) in [5, 5.41) is 3.88. The van der Waals surface area contributed by atoms with Gasteiger partial charge in [-0.1, -0.05) is 6.07 Å². The number of hydrogen-bond donors (Lipinski definition) is 1. The van der Waals surface area contributed by atoms with E-state index < -0.39 is 0 Å². The van der Waals surface area contributed by atoms with Gasteiger partial charge < -0.3 is 5.32 Å². The minimum Gasteiger partial charge on any atom is -0.371 e. The number of alkyl halides is 1. The van der Waals surface area contributed by atoms with Crippen molar-refractivity contribution in [1.29, 1.82) is 0 Å². The standard InChI is InChI=1S/C13H16ClN3/c14-11-5-4-10(8-11)9-16-13-3-1-2-12-15-6-7-17(12)13/h1-3,6-7,10-11,16H,4-5,8-9H2. The number of rotatable bonds is 3. The highest BCUT2D eigenvalue weighted by Gasteiger charge is 2.22. The number of nitrogens with one attached hydrogen (secondary N) is 1. The number of pyridine rings is 1. The first-order chi connectivity index (χ1) is 8.33. The van der Waals surface area contributed by atoms with Gasteiger partial charge in [-0.05, 0) is 37.3 Å². The molecule has 1 saturated carbocycles. The summed E-state index contributed by atoms with van der Waals surface area (Å²) in [4.78, 5) is 4.27. The molecule has 0 aliphatic heterocycles. The lowest BCUT2D eigenvalue weighted by molar-refractivity contribution is 0.579. The molecular formula is C13H16ClN3. The molecule has 3 rings (SSSR count). The molecule has 0 aromatic carbocycles. The zero-order valence-corrected chi connectivity index (χ0v) is 10.4. The molecule has 2 heterocycles. The van der Waals surface area contributed by atoms with Gasteiger partial charge in [0.15, 0.2) is 0 Å². The van der Waals surface area contributed by atoms with Crippen LogP contribution in [0.15, 0.2) is 30.6 Å². The predicted molar refractivity (Wildman–Crippen MR) is 70.7 cm³/mol. The van der Waals surface area contributed by atoms with E-state index in [1.54, 1.807) is 0 Å². The summed E-state index contributed by atoms with van der Waals surface area (Å²) >= 11 is 6.12. The lowest BCUT2D eigenvalue weighted by Crippen LogP contribution is -2.13. The molecule has 0 bridgehead atoms. The third-order valence-electron chi connectivity index (χ3n) is 3.48. The third kappa shape index (κ3) is 2.25. The minimum atomic E-state index is 0.380. The third-order valence-corrected chi connectivity index (χ3v) is 3.87. The van der Waals surface area contributed by atoms with E-state index in [1.807, 2.05) is 24.5 Å². The van der Waals surface area contributed by atoms with Crippen LogP contribution in [-0.4, -0.2) is 21.3 Å². The van der Waals surface area contributed by atoms with Crippen LogP contribution in [0.3, 0.4) is 0 Å². The van der Waals surface area contributed by atoms with Gasteiger partial charge in [0.25, 0.3) is 0 Å². The molecule has 2 atom stereocenters. The van der Waals surface area contributed by atoms with E-state index in [1.165, 1.54) is 6.42 Å². The van der Waals surface area contributed by atoms with Crippen molar-refractivity contribution in [2.75, 3.05) is 11.9 Å². The quantitative estimate of drug-likeness (QED) is 0.847. The van der Waals surface area contributed by atoms with Gasteiger partial charge in [0.2, 0.25) is 0 Å². The molecule has 90 valence electrons. The summed E-state index contributed by atoms with van der Waals surface area (Å²) in [6, 6.07) is 6.13. The summed E-state index contributed by atoms with van der Waals surface area (Å²) < 4.78 is 2.08. The fourth-order valence-electron chi connectivity index (χ4n) is 2.54. The molecule has 0 radical (unpaired) electrons. The number of anilines is 1. The highest BCUT2D eigenvalue weighted by Crippen LogP contribution is 2.29. The molecule has 2 aromatic heterocycles. The van der Waals surface area contributed by atoms with E-state index in [2.05, 4.69) is 20.8 Å². The first kappa shape index (κ1) is 10.9. The minimum absolute atomic E-state index is 0.380. The number of aromatic nitrogens is 2. The van der Waals surface area contributed by atoms with Crippen LogP contribution in [0.5, 0.6) is 0 Å². The molecule has 1 fully saturated rings. The van der Waals surface area contributed by atoms with Gasteiger partial charge in [0, 0.05) is 24.3 Å². The molecule has 17 heavy (non-hydrogen) atoms. The fraction of sp³-hybridized carbons (Fsp3) is 0.462. The van der Waals surface area contributed by atoms with Crippen LogP contribution in [0.1, 0.15) is 19.3 Å². The van der Waals surface area contributed by atoms with Crippen LogP contribution in [0, 0.1) is 5.92 Å². The van der Waals surface area contributed by atoms with E-state index >= 15 is 0 Å².